The van der Waals surface area contributed by atoms with E-state index in [0.717, 1.165) is 23.8 Å². The molecule has 21 heavy (non-hydrogen) atoms. The molecule has 0 amide bonds. The summed E-state index contributed by atoms with van der Waals surface area (Å²) in [6.07, 6.45) is 13.2. The number of hydrogen-bond acceptors (Lipinski definition) is 1. The molecule has 1 N–H and O–H groups in total. The minimum absolute atomic E-state index is 0.644. The zero-order valence-electron chi connectivity index (χ0n) is 14.9. The highest BCUT2D eigenvalue weighted by molar-refractivity contribution is 5.10. The van der Waals surface area contributed by atoms with Crippen LogP contribution in [0.2, 0.25) is 0 Å². The van der Waals surface area contributed by atoms with Gasteiger partial charge in [-0.1, -0.05) is 40.5 Å². The average Bonchev–Trinajstić information content (AvgIpc) is 2.40. The first-order valence-corrected chi connectivity index (χ1v) is 9.77. The fraction of sp³-hybridized carbons (Fsp3) is 1.00. The van der Waals surface area contributed by atoms with Crippen LogP contribution in [0.25, 0.3) is 0 Å². The molecule has 4 aliphatic rings. The van der Waals surface area contributed by atoms with Crippen LogP contribution in [0, 0.1) is 28.6 Å². The molecular weight excluding hydrogens is 254 g/mol. The summed E-state index contributed by atoms with van der Waals surface area (Å²) in [4.78, 5) is 0. The highest BCUT2D eigenvalue weighted by Crippen LogP contribution is 2.66. The molecule has 0 saturated heterocycles. The standard InChI is InChI=1S/C20H37N/c1-5-8-21-18(17(6-2)7-3)20-12-15-9-16(13-20)11-19(4,10-15)14-20/h15-18,21H,5-14H2,1-4H3. The Kier molecular flexibility index (Phi) is 4.43. The highest BCUT2D eigenvalue weighted by Gasteiger charge is 2.58. The largest absolute Gasteiger partial charge is 0.313 e. The van der Waals surface area contributed by atoms with Gasteiger partial charge in [0, 0.05) is 6.04 Å². The van der Waals surface area contributed by atoms with Gasteiger partial charge in [-0.15, -0.1) is 0 Å². The molecule has 4 rings (SSSR count). The van der Waals surface area contributed by atoms with Crippen LogP contribution in [0.4, 0.5) is 0 Å². The van der Waals surface area contributed by atoms with Gasteiger partial charge in [-0.05, 0) is 80.1 Å². The third-order valence-corrected chi connectivity index (χ3v) is 7.19. The Bertz CT molecular complexity index is 343. The van der Waals surface area contributed by atoms with Crippen LogP contribution in [-0.2, 0) is 0 Å². The second kappa shape index (κ2) is 5.87. The summed E-state index contributed by atoms with van der Waals surface area (Å²) in [6.45, 7) is 11.0. The Hall–Kier alpha value is -0.0400. The monoisotopic (exact) mass is 291 g/mol. The molecule has 1 heteroatoms. The van der Waals surface area contributed by atoms with Crippen molar-refractivity contribution >= 4 is 0 Å². The van der Waals surface area contributed by atoms with E-state index >= 15 is 0 Å². The van der Waals surface area contributed by atoms with Crippen LogP contribution in [0.5, 0.6) is 0 Å². The molecule has 4 saturated carbocycles. The Morgan fingerprint density at radius 1 is 1.00 bits per heavy atom. The van der Waals surface area contributed by atoms with Crippen LogP contribution in [0.1, 0.15) is 85.5 Å². The first kappa shape index (κ1) is 15.8. The summed E-state index contributed by atoms with van der Waals surface area (Å²) >= 11 is 0. The Morgan fingerprint density at radius 3 is 2.10 bits per heavy atom. The van der Waals surface area contributed by atoms with E-state index in [1.807, 2.05) is 0 Å². The molecule has 0 aromatic heterocycles. The van der Waals surface area contributed by atoms with E-state index in [1.54, 1.807) is 6.42 Å². The van der Waals surface area contributed by atoms with Crippen LogP contribution < -0.4 is 5.32 Å². The molecular formula is C20H37N. The van der Waals surface area contributed by atoms with Crippen molar-refractivity contribution in [2.24, 2.45) is 28.6 Å². The van der Waals surface area contributed by atoms with Gasteiger partial charge in [-0.25, -0.2) is 0 Å². The van der Waals surface area contributed by atoms with Crippen molar-refractivity contribution < 1.29 is 0 Å². The van der Waals surface area contributed by atoms with Crippen molar-refractivity contribution in [1.82, 2.24) is 5.32 Å². The van der Waals surface area contributed by atoms with Crippen molar-refractivity contribution in [3.8, 4) is 0 Å². The second-order valence-electron chi connectivity index (χ2n) is 9.14. The molecule has 0 aromatic rings. The lowest BCUT2D eigenvalue weighted by atomic mass is 9.42. The van der Waals surface area contributed by atoms with Gasteiger partial charge in [0.1, 0.15) is 0 Å². The Balaban J connectivity index is 1.86. The van der Waals surface area contributed by atoms with Gasteiger partial charge in [0.15, 0.2) is 0 Å². The normalized spacial score (nSPS) is 42.7. The maximum Gasteiger partial charge on any atom is 0.0152 e. The lowest BCUT2D eigenvalue weighted by Crippen LogP contribution is -2.60. The average molecular weight is 292 g/mol. The molecule has 0 heterocycles. The maximum absolute atomic E-state index is 4.05. The quantitative estimate of drug-likeness (QED) is 0.662. The molecule has 4 fully saturated rings. The summed E-state index contributed by atoms with van der Waals surface area (Å²) in [7, 11) is 0. The molecule has 3 unspecified atom stereocenters. The SMILES string of the molecule is CCCNC(C(CC)CC)C12CC3CC(CC(C)(C3)C1)C2. The highest BCUT2D eigenvalue weighted by atomic mass is 14.9. The van der Waals surface area contributed by atoms with Gasteiger partial charge in [-0.2, -0.15) is 0 Å². The van der Waals surface area contributed by atoms with Crippen LogP contribution in [0.3, 0.4) is 0 Å². The molecule has 0 aromatic carbocycles. The van der Waals surface area contributed by atoms with Gasteiger partial charge >= 0.3 is 0 Å². The van der Waals surface area contributed by atoms with Gasteiger partial charge in [0.2, 0.25) is 0 Å². The number of nitrogens with one attached hydrogen (secondary N) is 1. The number of rotatable bonds is 7. The summed E-state index contributed by atoms with van der Waals surface area (Å²) < 4.78 is 0. The smallest absolute Gasteiger partial charge is 0.0152 e. The number of hydrogen-bond donors (Lipinski definition) is 1. The molecule has 0 spiro atoms. The van der Waals surface area contributed by atoms with Crippen LogP contribution in [0.15, 0.2) is 0 Å². The predicted octanol–water partition coefficient (Wildman–Crippen LogP) is 5.40. The third-order valence-electron chi connectivity index (χ3n) is 7.19. The van der Waals surface area contributed by atoms with E-state index in [-0.39, 0.29) is 0 Å². The van der Waals surface area contributed by atoms with Gasteiger partial charge in [-0.3, -0.25) is 0 Å². The van der Waals surface area contributed by atoms with E-state index in [0.29, 0.717) is 10.8 Å². The first-order chi connectivity index (χ1) is 10.0. The van der Waals surface area contributed by atoms with E-state index < -0.39 is 0 Å². The van der Waals surface area contributed by atoms with Gasteiger partial charge in [0.25, 0.3) is 0 Å². The van der Waals surface area contributed by atoms with E-state index in [1.165, 1.54) is 57.9 Å². The summed E-state index contributed by atoms with van der Waals surface area (Å²) in [5, 5.41) is 4.05. The fourth-order valence-electron chi connectivity index (χ4n) is 7.11. The molecule has 0 aliphatic heterocycles. The molecule has 4 bridgehead atoms. The lowest BCUT2D eigenvalue weighted by Gasteiger charge is -2.64. The topological polar surface area (TPSA) is 12.0 Å². The van der Waals surface area contributed by atoms with E-state index in [9.17, 15) is 0 Å². The zero-order chi connectivity index (χ0) is 15.1. The van der Waals surface area contributed by atoms with Crippen molar-refractivity contribution in [1.29, 1.82) is 0 Å². The van der Waals surface area contributed by atoms with Crippen molar-refractivity contribution in [2.45, 2.75) is 91.5 Å². The Labute approximate surface area is 132 Å². The zero-order valence-corrected chi connectivity index (χ0v) is 14.9. The molecule has 4 aliphatic carbocycles. The third kappa shape index (κ3) is 2.80. The van der Waals surface area contributed by atoms with E-state index in [2.05, 4.69) is 33.0 Å². The van der Waals surface area contributed by atoms with Crippen molar-refractivity contribution in [3.63, 3.8) is 0 Å². The van der Waals surface area contributed by atoms with Gasteiger partial charge < -0.3 is 5.32 Å². The minimum Gasteiger partial charge on any atom is -0.313 e. The molecule has 0 radical (unpaired) electrons. The summed E-state index contributed by atoms with van der Waals surface area (Å²) in [5.41, 5.74) is 1.33. The van der Waals surface area contributed by atoms with Gasteiger partial charge in [0.05, 0.1) is 0 Å². The lowest BCUT2D eigenvalue weighted by molar-refractivity contribution is -0.126. The predicted molar refractivity (Wildman–Crippen MR) is 91.4 cm³/mol. The summed E-state index contributed by atoms with van der Waals surface area (Å²) in [6, 6.07) is 0.790. The van der Waals surface area contributed by atoms with Crippen LogP contribution >= 0.6 is 0 Å². The second-order valence-corrected chi connectivity index (χ2v) is 9.14. The molecule has 3 atom stereocenters. The Morgan fingerprint density at radius 2 is 1.62 bits per heavy atom. The van der Waals surface area contributed by atoms with Crippen molar-refractivity contribution in [2.75, 3.05) is 6.54 Å². The molecule has 1 nitrogen and oxygen atoms in total. The van der Waals surface area contributed by atoms with Crippen molar-refractivity contribution in [3.05, 3.63) is 0 Å². The summed E-state index contributed by atoms with van der Waals surface area (Å²) in [5.74, 6) is 2.99. The maximum atomic E-state index is 4.05. The van der Waals surface area contributed by atoms with E-state index in [4.69, 9.17) is 0 Å². The minimum atomic E-state index is 0.644. The first-order valence-electron chi connectivity index (χ1n) is 9.77. The fourth-order valence-corrected chi connectivity index (χ4v) is 7.11. The van der Waals surface area contributed by atoms with Crippen LogP contribution in [-0.4, -0.2) is 12.6 Å². The molecule has 122 valence electrons.